The van der Waals surface area contributed by atoms with Crippen molar-refractivity contribution in [2.24, 2.45) is 10.2 Å². The predicted molar refractivity (Wildman–Crippen MR) is 81.0 cm³/mol. The van der Waals surface area contributed by atoms with Crippen LogP contribution in [0.15, 0.2) is 64.8 Å². The van der Waals surface area contributed by atoms with Crippen molar-refractivity contribution < 1.29 is 0 Å². The zero-order valence-corrected chi connectivity index (χ0v) is 11.8. The molecule has 3 rings (SSSR count). The summed E-state index contributed by atoms with van der Waals surface area (Å²) >= 11 is 7.24. The zero-order valence-electron chi connectivity index (χ0n) is 10.3. The molecule has 6 heteroatoms. The molecule has 0 unspecified atom stereocenters. The van der Waals surface area contributed by atoms with Crippen LogP contribution >= 0.6 is 22.9 Å². The maximum atomic E-state index is 5.86. The third-order valence-electron chi connectivity index (χ3n) is 2.51. The maximum absolute atomic E-state index is 5.86. The average molecular weight is 301 g/mol. The molecule has 3 aromatic rings. The second kappa shape index (κ2) is 5.90. The Labute approximate surface area is 124 Å². The van der Waals surface area contributed by atoms with Crippen molar-refractivity contribution in [3.8, 4) is 10.6 Å². The fourth-order valence-electron chi connectivity index (χ4n) is 1.56. The van der Waals surface area contributed by atoms with E-state index in [4.69, 9.17) is 11.6 Å². The van der Waals surface area contributed by atoms with E-state index in [0.29, 0.717) is 10.2 Å². The van der Waals surface area contributed by atoms with Crippen molar-refractivity contribution in [3.05, 3.63) is 59.6 Å². The minimum absolute atomic E-state index is 0.527. The molecule has 0 aliphatic rings. The van der Waals surface area contributed by atoms with Gasteiger partial charge in [0.25, 0.3) is 5.13 Å². The van der Waals surface area contributed by atoms with E-state index in [1.807, 2.05) is 54.6 Å². The summed E-state index contributed by atoms with van der Waals surface area (Å²) in [7, 11) is 0. The van der Waals surface area contributed by atoms with E-state index in [1.54, 1.807) is 0 Å². The van der Waals surface area contributed by atoms with Crippen LogP contribution in [0.3, 0.4) is 0 Å². The molecule has 0 fully saturated rings. The molecule has 0 saturated carbocycles. The quantitative estimate of drug-likeness (QED) is 0.618. The second-order valence-corrected chi connectivity index (χ2v) is 5.32. The summed E-state index contributed by atoms with van der Waals surface area (Å²) in [5.41, 5.74) is 1.75. The molecule has 1 aromatic heterocycles. The van der Waals surface area contributed by atoms with Crippen molar-refractivity contribution in [1.29, 1.82) is 0 Å². The van der Waals surface area contributed by atoms with E-state index in [2.05, 4.69) is 20.4 Å². The van der Waals surface area contributed by atoms with Crippen LogP contribution in [0.1, 0.15) is 0 Å². The Balaban J connectivity index is 1.80. The maximum Gasteiger partial charge on any atom is 0.252 e. The molecule has 0 spiro atoms. The third-order valence-corrected chi connectivity index (χ3v) is 3.62. The van der Waals surface area contributed by atoms with Gasteiger partial charge in [-0.05, 0) is 24.3 Å². The number of hydrogen-bond acceptors (Lipinski definition) is 5. The van der Waals surface area contributed by atoms with E-state index in [9.17, 15) is 0 Å². The summed E-state index contributed by atoms with van der Waals surface area (Å²) in [5, 5.41) is 18.3. The summed E-state index contributed by atoms with van der Waals surface area (Å²) in [4.78, 5) is 0. The molecule has 4 nitrogen and oxygen atoms in total. The van der Waals surface area contributed by atoms with Crippen LogP contribution in [0.25, 0.3) is 10.6 Å². The van der Waals surface area contributed by atoms with E-state index in [0.717, 1.165) is 16.3 Å². The molecular weight excluding hydrogens is 292 g/mol. The smallest absolute Gasteiger partial charge is 0.148 e. The van der Waals surface area contributed by atoms with Gasteiger partial charge in [-0.25, -0.2) is 0 Å². The Kier molecular flexibility index (Phi) is 3.80. The largest absolute Gasteiger partial charge is 0.252 e. The summed E-state index contributed by atoms with van der Waals surface area (Å²) in [5.74, 6) is 0. The highest BCUT2D eigenvalue weighted by molar-refractivity contribution is 7.18. The van der Waals surface area contributed by atoms with Gasteiger partial charge < -0.3 is 0 Å². The number of aromatic nitrogens is 2. The Bertz CT molecular complexity index is 722. The molecule has 0 N–H and O–H groups in total. The van der Waals surface area contributed by atoms with Gasteiger partial charge in [-0.1, -0.05) is 53.3 Å². The van der Waals surface area contributed by atoms with Gasteiger partial charge in [0.1, 0.15) is 5.01 Å². The minimum atomic E-state index is 0.527. The molecule has 2 aromatic carbocycles. The van der Waals surface area contributed by atoms with Gasteiger partial charge in [-0.15, -0.1) is 20.4 Å². The molecule has 98 valence electrons. The number of rotatable bonds is 3. The van der Waals surface area contributed by atoms with Gasteiger partial charge in [-0.3, -0.25) is 0 Å². The number of nitrogens with zero attached hydrogens (tertiary/aromatic N) is 4. The Hall–Kier alpha value is -2.11. The van der Waals surface area contributed by atoms with Crippen LogP contribution < -0.4 is 0 Å². The first-order valence-corrected chi connectivity index (χ1v) is 7.07. The van der Waals surface area contributed by atoms with Crippen LogP contribution in [-0.2, 0) is 0 Å². The summed E-state index contributed by atoms with van der Waals surface area (Å²) in [6.07, 6.45) is 0. The summed E-state index contributed by atoms with van der Waals surface area (Å²) in [6, 6.07) is 17.0. The molecular formula is C14H9ClN4S. The van der Waals surface area contributed by atoms with Crippen molar-refractivity contribution in [3.63, 3.8) is 0 Å². The third kappa shape index (κ3) is 3.07. The first kappa shape index (κ1) is 12.9. The molecule has 0 aliphatic heterocycles. The lowest BCUT2D eigenvalue weighted by atomic mass is 10.2. The summed E-state index contributed by atoms with van der Waals surface area (Å²) < 4.78 is 0. The molecule has 0 bridgehead atoms. The van der Waals surface area contributed by atoms with Crippen LogP contribution in [-0.4, -0.2) is 10.2 Å². The van der Waals surface area contributed by atoms with Crippen molar-refractivity contribution in [1.82, 2.24) is 10.2 Å². The normalized spacial score (nSPS) is 11.1. The zero-order chi connectivity index (χ0) is 13.8. The fraction of sp³-hybridized carbons (Fsp3) is 0. The first-order valence-electron chi connectivity index (χ1n) is 5.87. The molecule has 0 saturated heterocycles. The number of azo groups is 1. The van der Waals surface area contributed by atoms with Crippen molar-refractivity contribution in [2.75, 3.05) is 0 Å². The predicted octanol–water partition coefficient (Wildman–Crippen LogP) is 5.27. The van der Waals surface area contributed by atoms with E-state index < -0.39 is 0 Å². The monoisotopic (exact) mass is 300 g/mol. The van der Waals surface area contributed by atoms with Crippen molar-refractivity contribution in [2.45, 2.75) is 0 Å². The van der Waals surface area contributed by atoms with Crippen molar-refractivity contribution >= 4 is 33.8 Å². The molecule has 1 heterocycles. The number of halogens is 1. The molecule has 0 atom stereocenters. The van der Waals surface area contributed by atoms with Gasteiger partial charge in [0, 0.05) is 10.6 Å². The standard InChI is InChI=1S/C14H9ClN4S/c15-11-8-6-10(7-9-11)13-17-19-14(20-13)18-16-12-4-2-1-3-5-12/h1-9H. The topological polar surface area (TPSA) is 50.5 Å². The molecule has 0 radical (unpaired) electrons. The SMILES string of the molecule is Clc1ccc(-c2nnc(N=Nc3ccccc3)s2)cc1. The van der Waals surface area contributed by atoms with Gasteiger partial charge >= 0.3 is 0 Å². The van der Waals surface area contributed by atoms with Crippen LogP contribution in [0.4, 0.5) is 10.8 Å². The lowest BCUT2D eigenvalue weighted by Crippen LogP contribution is -1.75. The second-order valence-electron chi connectivity index (χ2n) is 3.93. The van der Waals surface area contributed by atoms with Crippen LogP contribution in [0, 0.1) is 0 Å². The van der Waals surface area contributed by atoms with Gasteiger partial charge in [0.15, 0.2) is 0 Å². The molecule has 0 aliphatic carbocycles. The minimum Gasteiger partial charge on any atom is -0.148 e. The first-order chi connectivity index (χ1) is 9.81. The van der Waals surface area contributed by atoms with Gasteiger partial charge in [-0.2, -0.15) is 0 Å². The van der Waals surface area contributed by atoms with Crippen LogP contribution in [0.5, 0.6) is 0 Å². The van der Waals surface area contributed by atoms with Crippen LogP contribution in [0.2, 0.25) is 5.02 Å². The van der Waals surface area contributed by atoms with E-state index in [1.165, 1.54) is 11.3 Å². The number of benzene rings is 2. The van der Waals surface area contributed by atoms with E-state index in [-0.39, 0.29) is 0 Å². The van der Waals surface area contributed by atoms with Gasteiger partial charge in [0.2, 0.25) is 0 Å². The lowest BCUT2D eigenvalue weighted by Gasteiger charge is -1.93. The Morgan fingerprint density at radius 3 is 2.35 bits per heavy atom. The Morgan fingerprint density at radius 1 is 0.850 bits per heavy atom. The Morgan fingerprint density at radius 2 is 1.60 bits per heavy atom. The van der Waals surface area contributed by atoms with Gasteiger partial charge in [0.05, 0.1) is 5.69 Å². The number of hydrogen-bond donors (Lipinski definition) is 0. The average Bonchev–Trinajstić information content (AvgIpc) is 2.96. The summed E-state index contributed by atoms with van der Waals surface area (Å²) in [6.45, 7) is 0. The highest BCUT2D eigenvalue weighted by Crippen LogP contribution is 2.29. The molecule has 0 amide bonds. The van der Waals surface area contributed by atoms with E-state index >= 15 is 0 Å². The highest BCUT2D eigenvalue weighted by Gasteiger charge is 2.05. The highest BCUT2D eigenvalue weighted by atomic mass is 35.5. The molecule has 20 heavy (non-hydrogen) atoms. The lowest BCUT2D eigenvalue weighted by molar-refractivity contribution is 1.06. The fourth-order valence-corrected chi connectivity index (χ4v) is 2.36.